The maximum atomic E-state index is 12.4. The maximum Gasteiger partial charge on any atom is 0.251 e. The molecule has 6 heteroatoms. The van der Waals surface area contributed by atoms with Crippen molar-refractivity contribution in [3.05, 3.63) is 22.7 Å². The van der Waals surface area contributed by atoms with Crippen LogP contribution in [0.1, 0.15) is 37.0 Å². The standard InChI is InChI=1S/C14H19ClN2O3/c1-3-14(4-2,7-16)17-13(18)9-5-10(15)12-11(6-9)19-8-20-12/h5-6H,3-4,7-8,16H2,1-2H3,(H,17,18). The van der Waals surface area contributed by atoms with Gasteiger partial charge < -0.3 is 20.5 Å². The zero-order chi connectivity index (χ0) is 14.8. The molecule has 0 unspecified atom stereocenters. The molecule has 0 atom stereocenters. The van der Waals surface area contributed by atoms with Gasteiger partial charge in [0.15, 0.2) is 11.5 Å². The summed E-state index contributed by atoms with van der Waals surface area (Å²) < 4.78 is 10.5. The van der Waals surface area contributed by atoms with E-state index in [4.69, 9.17) is 26.8 Å². The minimum atomic E-state index is -0.389. The van der Waals surface area contributed by atoms with E-state index in [1.165, 1.54) is 0 Å². The smallest absolute Gasteiger partial charge is 0.251 e. The molecule has 2 rings (SSSR count). The molecule has 0 radical (unpaired) electrons. The molecule has 1 amide bonds. The summed E-state index contributed by atoms with van der Waals surface area (Å²) in [4.78, 5) is 12.4. The van der Waals surface area contributed by atoms with Crippen LogP contribution in [0.2, 0.25) is 5.02 Å². The Morgan fingerprint density at radius 1 is 1.40 bits per heavy atom. The Morgan fingerprint density at radius 2 is 2.10 bits per heavy atom. The van der Waals surface area contributed by atoms with Gasteiger partial charge in [-0.05, 0) is 25.0 Å². The first-order chi connectivity index (χ1) is 9.55. The number of rotatable bonds is 5. The Hall–Kier alpha value is -1.46. The highest BCUT2D eigenvalue weighted by Gasteiger charge is 2.28. The summed E-state index contributed by atoms with van der Waals surface area (Å²) in [6.45, 7) is 4.52. The van der Waals surface area contributed by atoms with Crippen LogP contribution in [0, 0.1) is 0 Å². The zero-order valence-electron chi connectivity index (χ0n) is 11.7. The molecule has 1 aliphatic heterocycles. The van der Waals surface area contributed by atoms with Crippen LogP contribution in [0.4, 0.5) is 0 Å². The number of fused-ring (bicyclic) bond motifs is 1. The van der Waals surface area contributed by atoms with E-state index < -0.39 is 0 Å². The van der Waals surface area contributed by atoms with E-state index in [0.717, 1.165) is 12.8 Å². The van der Waals surface area contributed by atoms with E-state index in [2.05, 4.69) is 5.32 Å². The largest absolute Gasteiger partial charge is 0.454 e. The lowest BCUT2D eigenvalue weighted by atomic mass is 9.92. The van der Waals surface area contributed by atoms with Crippen LogP contribution in [0.5, 0.6) is 11.5 Å². The number of carbonyl (C=O) groups excluding carboxylic acids is 1. The van der Waals surface area contributed by atoms with Crippen LogP contribution in [-0.2, 0) is 0 Å². The van der Waals surface area contributed by atoms with Crippen molar-refractivity contribution < 1.29 is 14.3 Å². The molecule has 1 aliphatic rings. The van der Waals surface area contributed by atoms with E-state index in [0.29, 0.717) is 28.6 Å². The molecule has 0 saturated heterocycles. The number of ether oxygens (including phenoxy) is 2. The minimum Gasteiger partial charge on any atom is -0.454 e. The molecule has 0 saturated carbocycles. The molecule has 0 fully saturated rings. The number of carbonyl (C=O) groups is 1. The van der Waals surface area contributed by atoms with E-state index in [1.807, 2.05) is 13.8 Å². The summed E-state index contributed by atoms with van der Waals surface area (Å²) >= 11 is 6.08. The summed E-state index contributed by atoms with van der Waals surface area (Å²) in [5, 5.41) is 3.37. The van der Waals surface area contributed by atoms with Gasteiger partial charge in [-0.2, -0.15) is 0 Å². The van der Waals surface area contributed by atoms with Crippen LogP contribution in [0.25, 0.3) is 0 Å². The molecule has 110 valence electrons. The molecule has 1 aromatic rings. The number of amides is 1. The highest BCUT2D eigenvalue weighted by molar-refractivity contribution is 6.32. The molecule has 0 aliphatic carbocycles. The van der Waals surface area contributed by atoms with Gasteiger partial charge in [0.1, 0.15) is 0 Å². The number of nitrogens with two attached hydrogens (primary N) is 1. The van der Waals surface area contributed by atoms with Crippen molar-refractivity contribution in [2.75, 3.05) is 13.3 Å². The Morgan fingerprint density at radius 3 is 2.70 bits per heavy atom. The fraction of sp³-hybridized carbons (Fsp3) is 0.500. The first-order valence-electron chi connectivity index (χ1n) is 6.67. The molecule has 5 nitrogen and oxygen atoms in total. The second-order valence-corrected chi connectivity index (χ2v) is 5.24. The Balaban J connectivity index is 2.24. The summed E-state index contributed by atoms with van der Waals surface area (Å²) in [5.41, 5.74) is 5.84. The van der Waals surface area contributed by atoms with Gasteiger partial charge in [0, 0.05) is 12.1 Å². The van der Waals surface area contributed by atoms with Crippen molar-refractivity contribution in [2.24, 2.45) is 5.73 Å². The molecule has 3 N–H and O–H groups in total. The Kier molecular flexibility index (Phi) is 4.40. The van der Waals surface area contributed by atoms with Gasteiger partial charge in [-0.15, -0.1) is 0 Å². The molecule has 20 heavy (non-hydrogen) atoms. The fourth-order valence-electron chi connectivity index (χ4n) is 2.18. The molecule has 0 bridgehead atoms. The summed E-state index contributed by atoms with van der Waals surface area (Å²) in [6, 6.07) is 3.22. The van der Waals surface area contributed by atoms with Crippen molar-refractivity contribution in [1.82, 2.24) is 5.32 Å². The predicted octanol–water partition coefficient (Wildman–Crippen LogP) is 2.32. The lowest BCUT2D eigenvalue weighted by Gasteiger charge is -2.31. The van der Waals surface area contributed by atoms with Gasteiger partial charge in [0.2, 0.25) is 6.79 Å². The summed E-state index contributed by atoms with van der Waals surface area (Å²) in [7, 11) is 0. The number of nitrogens with one attached hydrogen (secondary N) is 1. The van der Waals surface area contributed by atoms with Crippen LogP contribution >= 0.6 is 11.6 Å². The van der Waals surface area contributed by atoms with E-state index >= 15 is 0 Å². The SMILES string of the molecule is CCC(CC)(CN)NC(=O)c1cc(Cl)c2c(c1)OCO2. The molecule has 0 spiro atoms. The van der Waals surface area contributed by atoms with Crippen LogP contribution in [0.15, 0.2) is 12.1 Å². The average molecular weight is 299 g/mol. The van der Waals surface area contributed by atoms with Gasteiger partial charge in [-0.3, -0.25) is 4.79 Å². The number of halogens is 1. The van der Waals surface area contributed by atoms with Crippen molar-refractivity contribution in [3.8, 4) is 11.5 Å². The van der Waals surface area contributed by atoms with Crippen molar-refractivity contribution >= 4 is 17.5 Å². The third-order valence-electron chi connectivity index (χ3n) is 3.81. The van der Waals surface area contributed by atoms with Gasteiger partial charge >= 0.3 is 0 Å². The van der Waals surface area contributed by atoms with Gasteiger partial charge in [0.25, 0.3) is 5.91 Å². The Bertz CT molecular complexity index is 507. The van der Waals surface area contributed by atoms with Crippen LogP contribution in [0.3, 0.4) is 0 Å². The second-order valence-electron chi connectivity index (χ2n) is 4.84. The molecule has 0 aromatic heterocycles. The lowest BCUT2D eigenvalue weighted by Crippen LogP contribution is -2.52. The zero-order valence-corrected chi connectivity index (χ0v) is 12.4. The fourth-order valence-corrected chi connectivity index (χ4v) is 2.44. The van der Waals surface area contributed by atoms with Gasteiger partial charge in [-0.1, -0.05) is 25.4 Å². The molecular weight excluding hydrogens is 280 g/mol. The normalized spacial score (nSPS) is 13.4. The highest BCUT2D eigenvalue weighted by Crippen LogP contribution is 2.39. The summed E-state index contributed by atoms with van der Waals surface area (Å²) in [6.07, 6.45) is 1.54. The average Bonchev–Trinajstić information content (AvgIpc) is 2.93. The lowest BCUT2D eigenvalue weighted by molar-refractivity contribution is 0.0895. The van der Waals surface area contributed by atoms with E-state index in [9.17, 15) is 4.79 Å². The third-order valence-corrected chi connectivity index (χ3v) is 4.09. The molecule has 1 heterocycles. The van der Waals surface area contributed by atoms with Gasteiger partial charge in [0.05, 0.1) is 10.6 Å². The number of hydrogen-bond donors (Lipinski definition) is 2. The van der Waals surface area contributed by atoms with Crippen LogP contribution < -0.4 is 20.5 Å². The third kappa shape index (κ3) is 2.69. The minimum absolute atomic E-state index is 0.122. The second kappa shape index (κ2) is 5.89. The number of benzene rings is 1. The molecular formula is C14H19ClN2O3. The van der Waals surface area contributed by atoms with Crippen molar-refractivity contribution in [3.63, 3.8) is 0 Å². The first kappa shape index (κ1) is 14.9. The molecule has 1 aromatic carbocycles. The Labute approximate surface area is 123 Å². The first-order valence-corrected chi connectivity index (χ1v) is 7.04. The van der Waals surface area contributed by atoms with Gasteiger partial charge in [-0.25, -0.2) is 0 Å². The number of hydrogen-bond acceptors (Lipinski definition) is 4. The van der Waals surface area contributed by atoms with E-state index in [-0.39, 0.29) is 18.2 Å². The van der Waals surface area contributed by atoms with Crippen molar-refractivity contribution in [1.29, 1.82) is 0 Å². The summed E-state index contributed by atoms with van der Waals surface area (Å²) in [5.74, 6) is 0.771. The maximum absolute atomic E-state index is 12.4. The monoisotopic (exact) mass is 298 g/mol. The van der Waals surface area contributed by atoms with E-state index in [1.54, 1.807) is 12.1 Å². The predicted molar refractivity (Wildman–Crippen MR) is 77.4 cm³/mol. The van der Waals surface area contributed by atoms with Crippen molar-refractivity contribution in [2.45, 2.75) is 32.2 Å². The highest BCUT2D eigenvalue weighted by atomic mass is 35.5. The quantitative estimate of drug-likeness (QED) is 0.875. The topological polar surface area (TPSA) is 73.6 Å². The van der Waals surface area contributed by atoms with Crippen LogP contribution in [-0.4, -0.2) is 24.8 Å².